The first-order valence-electron chi connectivity index (χ1n) is 10.1. The summed E-state index contributed by atoms with van der Waals surface area (Å²) in [6.07, 6.45) is -5.52. The molecule has 0 amide bonds. The molecule has 37 heavy (non-hydrogen) atoms. The molecule has 2 aromatic carbocycles. The van der Waals surface area contributed by atoms with Crippen molar-refractivity contribution in [2.24, 2.45) is 0 Å². The van der Waals surface area contributed by atoms with Crippen LogP contribution in [0.1, 0.15) is 22.8 Å². The molecule has 2 N–H and O–H groups in total. The fourth-order valence-electron chi connectivity index (χ4n) is 3.27. The summed E-state index contributed by atoms with van der Waals surface area (Å²) in [6.45, 7) is 0. The van der Waals surface area contributed by atoms with Gasteiger partial charge in [0.25, 0.3) is 11.1 Å². The summed E-state index contributed by atoms with van der Waals surface area (Å²) >= 11 is 11.6. The molecule has 0 spiro atoms. The molecule has 188 valence electrons. The first-order chi connectivity index (χ1) is 17.4. The lowest BCUT2D eigenvalue weighted by Gasteiger charge is -2.14. The Morgan fingerprint density at radius 2 is 1.81 bits per heavy atom. The largest absolute Gasteiger partial charge is 0.449 e. The molecule has 4 aromatic rings. The van der Waals surface area contributed by atoms with Crippen LogP contribution in [0.15, 0.2) is 52.1 Å². The molecule has 0 aliphatic carbocycles. The van der Waals surface area contributed by atoms with Gasteiger partial charge < -0.3 is 9.72 Å². The molecule has 0 fully saturated rings. The second kappa shape index (κ2) is 10.0. The molecule has 0 aliphatic heterocycles. The lowest BCUT2D eigenvalue weighted by Crippen LogP contribution is -2.22. The van der Waals surface area contributed by atoms with E-state index in [4.69, 9.17) is 33.2 Å². The van der Waals surface area contributed by atoms with E-state index in [0.29, 0.717) is 0 Å². The Morgan fingerprint density at radius 1 is 1.05 bits per heavy atom. The maximum Gasteiger partial charge on any atom is 0.437 e. The Morgan fingerprint density at radius 3 is 2.49 bits per heavy atom. The number of benzene rings is 2. The van der Waals surface area contributed by atoms with E-state index in [-0.39, 0.29) is 38.2 Å². The summed E-state index contributed by atoms with van der Waals surface area (Å²) < 4.78 is 60.0. The van der Waals surface area contributed by atoms with Gasteiger partial charge in [-0.1, -0.05) is 29.3 Å². The smallest absolute Gasteiger partial charge is 0.437 e. The normalized spacial score (nSPS) is 11.3. The Balaban J connectivity index is 1.73. The SMILES string of the molecule is N#Cc1cc(Cl)cc(Oc2c(C(F)(F)F)nc(Cc3cc(-c4ccc(F)c(Cl)c4)c(=O)[nH]n3)[nH]c2=O)c1. The van der Waals surface area contributed by atoms with Crippen LogP contribution >= 0.6 is 23.2 Å². The van der Waals surface area contributed by atoms with Gasteiger partial charge in [-0.25, -0.2) is 14.5 Å². The third-order valence-corrected chi connectivity index (χ3v) is 5.36. The molecule has 2 heterocycles. The average molecular weight is 552 g/mol. The number of nitriles is 1. The fraction of sp³-hybridized carbons (Fsp3) is 0.0870. The highest BCUT2D eigenvalue weighted by atomic mass is 35.5. The van der Waals surface area contributed by atoms with E-state index in [0.717, 1.165) is 18.2 Å². The number of hydrogen-bond acceptors (Lipinski definition) is 6. The first kappa shape index (κ1) is 25.9. The number of aromatic amines is 2. The van der Waals surface area contributed by atoms with Crippen LogP contribution in [0.2, 0.25) is 10.0 Å². The van der Waals surface area contributed by atoms with Crippen molar-refractivity contribution >= 4 is 23.2 Å². The van der Waals surface area contributed by atoms with E-state index in [9.17, 15) is 27.2 Å². The molecule has 8 nitrogen and oxygen atoms in total. The van der Waals surface area contributed by atoms with Crippen LogP contribution in [0.25, 0.3) is 11.1 Å². The summed E-state index contributed by atoms with van der Waals surface area (Å²) in [4.78, 5) is 30.5. The van der Waals surface area contributed by atoms with E-state index in [2.05, 4.69) is 20.2 Å². The van der Waals surface area contributed by atoms with Gasteiger partial charge in [-0.3, -0.25) is 9.59 Å². The number of nitrogens with zero attached hydrogens (tertiary/aromatic N) is 3. The molecular formula is C23H11Cl2F4N5O3. The third kappa shape index (κ3) is 5.79. The lowest BCUT2D eigenvalue weighted by molar-refractivity contribution is -0.142. The summed E-state index contributed by atoms with van der Waals surface area (Å²) in [7, 11) is 0. The standard InChI is InChI=1S/C23H11Cl2F4N5O3/c24-12-3-10(9-30)4-14(6-12)37-19-20(23(27,28)29)31-18(32-22(19)36)8-13-7-15(21(35)34-33-13)11-1-2-17(26)16(25)5-11/h1-7H,8H2,(H,34,35)(H,31,32,36). The van der Waals surface area contributed by atoms with E-state index in [1.54, 1.807) is 6.07 Å². The van der Waals surface area contributed by atoms with Crippen LogP contribution in [0, 0.1) is 17.1 Å². The zero-order chi connectivity index (χ0) is 26.9. The van der Waals surface area contributed by atoms with Crippen molar-refractivity contribution in [2.45, 2.75) is 12.6 Å². The molecule has 0 atom stereocenters. The van der Waals surface area contributed by atoms with Crippen molar-refractivity contribution in [3.05, 3.63) is 102 Å². The molecular weight excluding hydrogens is 541 g/mol. The van der Waals surface area contributed by atoms with Crippen molar-refractivity contribution < 1.29 is 22.3 Å². The molecule has 0 saturated heterocycles. The lowest BCUT2D eigenvalue weighted by atomic mass is 10.1. The van der Waals surface area contributed by atoms with Crippen molar-refractivity contribution in [1.29, 1.82) is 5.26 Å². The van der Waals surface area contributed by atoms with Crippen LogP contribution in [0.3, 0.4) is 0 Å². The molecule has 14 heteroatoms. The van der Waals surface area contributed by atoms with Gasteiger partial charge in [-0.15, -0.1) is 0 Å². The summed E-state index contributed by atoms with van der Waals surface area (Å²) in [5.74, 6) is -2.57. The van der Waals surface area contributed by atoms with Crippen molar-refractivity contribution in [1.82, 2.24) is 20.2 Å². The molecule has 0 saturated carbocycles. The maximum atomic E-state index is 13.8. The Bertz CT molecular complexity index is 1680. The molecule has 4 rings (SSSR count). The number of alkyl halides is 3. The van der Waals surface area contributed by atoms with Crippen molar-refractivity contribution in [3.63, 3.8) is 0 Å². The second-order valence-electron chi connectivity index (χ2n) is 7.49. The van der Waals surface area contributed by atoms with Crippen molar-refractivity contribution in [2.75, 3.05) is 0 Å². The number of aromatic nitrogens is 4. The average Bonchev–Trinajstić information content (AvgIpc) is 2.82. The van der Waals surface area contributed by atoms with Gasteiger partial charge >= 0.3 is 6.18 Å². The Labute approximate surface area is 214 Å². The predicted octanol–water partition coefficient (Wildman–Crippen LogP) is 5.24. The third-order valence-electron chi connectivity index (χ3n) is 4.85. The van der Waals surface area contributed by atoms with Gasteiger partial charge in [0.1, 0.15) is 17.4 Å². The molecule has 2 aromatic heterocycles. The minimum atomic E-state index is -5.09. The summed E-state index contributed by atoms with van der Waals surface area (Å²) in [5.41, 5.74) is -3.26. The van der Waals surface area contributed by atoms with E-state index < -0.39 is 46.8 Å². The molecule has 0 radical (unpaired) electrons. The highest BCUT2D eigenvalue weighted by Crippen LogP contribution is 2.35. The predicted molar refractivity (Wildman–Crippen MR) is 124 cm³/mol. The van der Waals surface area contributed by atoms with Gasteiger partial charge in [0.15, 0.2) is 5.69 Å². The summed E-state index contributed by atoms with van der Waals surface area (Å²) in [6, 6.07) is 10.0. The molecule has 0 aliphatic rings. The van der Waals surface area contributed by atoms with Gasteiger partial charge in [0, 0.05) is 11.4 Å². The van der Waals surface area contributed by atoms with E-state index in [1.165, 1.54) is 24.3 Å². The Hall–Kier alpha value is -4.21. The van der Waals surface area contributed by atoms with Gasteiger partial charge in [-0.05, 0) is 42.0 Å². The van der Waals surface area contributed by atoms with Crippen molar-refractivity contribution in [3.8, 4) is 28.7 Å². The van der Waals surface area contributed by atoms with E-state index in [1.807, 2.05) is 0 Å². The van der Waals surface area contributed by atoms with Gasteiger partial charge in [-0.2, -0.15) is 23.5 Å². The number of H-pyrrole nitrogens is 2. The monoisotopic (exact) mass is 551 g/mol. The quantitative estimate of drug-likeness (QED) is 0.327. The maximum absolute atomic E-state index is 13.8. The highest BCUT2D eigenvalue weighted by Gasteiger charge is 2.39. The fourth-order valence-corrected chi connectivity index (χ4v) is 3.68. The van der Waals surface area contributed by atoms with E-state index >= 15 is 0 Å². The molecule has 0 bridgehead atoms. The van der Waals surface area contributed by atoms with Gasteiger partial charge in [0.2, 0.25) is 5.75 Å². The number of ether oxygens (including phenoxy) is 1. The number of halogens is 6. The minimum absolute atomic E-state index is 0.000503. The number of hydrogen-bond donors (Lipinski definition) is 2. The first-order valence-corrected chi connectivity index (χ1v) is 10.8. The Kier molecular flexibility index (Phi) is 7.02. The minimum Gasteiger partial charge on any atom is -0.449 e. The second-order valence-corrected chi connectivity index (χ2v) is 8.33. The topological polar surface area (TPSA) is 125 Å². The van der Waals surface area contributed by atoms with Gasteiger partial charge in [0.05, 0.1) is 27.9 Å². The molecule has 0 unspecified atom stereocenters. The number of rotatable bonds is 5. The van der Waals surface area contributed by atoms with Crippen LogP contribution in [0.5, 0.6) is 11.5 Å². The van der Waals surface area contributed by atoms with Crippen LogP contribution in [-0.4, -0.2) is 20.2 Å². The highest BCUT2D eigenvalue weighted by molar-refractivity contribution is 6.31. The zero-order valence-electron chi connectivity index (χ0n) is 18.1. The zero-order valence-corrected chi connectivity index (χ0v) is 19.6. The van der Waals surface area contributed by atoms with Crippen LogP contribution in [0.4, 0.5) is 17.6 Å². The van der Waals surface area contributed by atoms with Crippen LogP contribution < -0.4 is 15.9 Å². The number of nitrogens with one attached hydrogen (secondary N) is 2. The summed E-state index contributed by atoms with van der Waals surface area (Å²) in [5, 5.41) is 14.8. The van der Waals surface area contributed by atoms with Crippen LogP contribution in [-0.2, 0) is 12.6 Å².